The van der Waals surface area contributed by atoms with E-state index in [1.54, 1.807) is 10.8 Å². The van der Waals surface area contributed by atoms with Crippen LogP contribution >= 0.6 is 0 Å². The van der Waals surface area contributed by atoms with Crippen molar-refractivity contribution in [2.24, 2.45) is 0 Å². The predicted molar refractivity (Wildman–Crippen MR) is 162 cm³/mol. The summed E-state index contributed by atoms with van der Waals surface area (Å²) in [5.74, 6) is -1.47. The highest BCUT2D eigenvalue weighted by atomic mass is 16.4. The minimum absolute atomic E-state index is 0.184. The zero-order valence-electron chi connectivity index (χ0n) is 22.4. The van der Waals surface area contributed by atoms with Crippen LogP contribution in [0.5, 0.6) is 0 Å². The van der Waals surface area contributed by atoms with E-state index >= 15 is 0 Å². The van der Waals surface area contributed by atoms with E-state index in [-0.39, 0.29) is 6.42 Å². The van der Waals surface area contributed by atoms with Crippen LogP contribution in [-0.2, 0) is 16.0 Å². The first-order valence-corrected chi connectivity index (χ1v) is 13.3. The van der Waals surface area contributed by atoms with Gasteiger partial charge in [0.25, 0.3) is 0 Å². The van der Waals surface area contributed by atoms with Gasteiger partial charge in [0.05, 0.1) is 11.4 Å². The summed E-state index contributed by atoms with van der Waals surface area (Å²) in [6.45, 7) is 0. The summed E-state index contributed by atoms with van der Waals surface area (Å²) in [7, 11) is 1.53. The van der Waals surface area contributed by atoms with Crippen LogP contribution in [0.1, 0.15) is 11.1 Å². The highest BCUT2D eigenvalue weighted by molar-refractivity contribution is 5.96. The van der Waals surface area contributed by atoms with E-state index in [4.69, 9.17) is 5.10 Å². The normalized spacial score (nSPS) is 12.2. The van der Waals surface area contributed by atoms with Crippen LogP contribution in [0.4, 0.5) is 0 Å². The first-order chi connectivity index (χ1) is 20.0. The number of likely N-dealkylation sites (N-methyl/N-ethyl adjacent to an activating group) is 1. The van der Waals surface area contributed by atoms with E-state index in [0.717, 1.165) is 49.7 Å². The second-order valence-corrected chi connectivity index (χ2v) is 9.98. The van der Waals surface area contributed by atoms with Crippen molar-refractivity contribution in [1.82, 2.24) is 19.7 Å². The van der Waals surface area contributed by atoms with Gasteiger partial charge in [-0.3, -0.25) is 4.79 Å². The molecule has 2 heterocycles. The molecule has 4 aromatic carbocycles. The molecule has 0 fully saturated rings. The SMILES string of the molecule is CN(C(=O)/C=C/c1cn(-c2ccccc2)nc1-c1ccc2ccccc2c1)C(Cc1c[nH]c2ccccc12)C(=O)O. The number of nitrogens with one attached hydrogen (secondary N) is 1. The van der Waals surface area contributed by atoms with Crippen LogP contribution in [-0.4, -0.2) is 49.7 Å². The molecule has 1 atom stereocenters. The maximum absolute atomic E-state index is 13.3. The summed E-state index contributed by atoms with van der Waals surface area (Å²) in [6, 6.07) is 30.7. The lowest BCUT2D eigenvalue weighted by Gasteiger charge is -2.23. The van der Waals surface area contributed by atoms with Crippen molar-refractivity contribution in [3.8, 4) is 16.9 Å². The van der Waals surface area contributed by atoms with Crippen LogP contribution in [0.2, 0.25) is 0 Å². The second kappa shape index (κ2) is 11.0. The third kappa shape index (κ3) is 5.25. The number of hydrogen-bond donors (Lipinski definition) is 2. The molecule has 7 heteroatoms. The summed E-state index contributed by atoms with van der Waals surface area (Å²) < 4.78 is 1.79. The number of carboxylic acid groups (broad SMARTS) is 1. The molecule has 0 aliphatic carbocycles. The Morgan fingerprint density at radius 2 is 1.68 bits per heavy atom. The maximum atomic E-state index is 13.3. The Hall–Kier alpha value is -5.43. The second-order valence-electron chi connectivity index (χ2n) is 9.98. The predicted octanol–water partition coefficient (Wildman–Crippen LogP) is 6.34. The van der Waals surface area contributed by atoms with Gasteiger partial charge in [0, 0.05) is 54.0 Å². The number of hydrogen-bond acceptors (Lipinski definition) is 3. The quantitative estimate of drug-likeness (QED) is 0.220. The lowest BCUT2D eigenvalue weighted by molar-refractivity contribution is -0.147. The first kappa shape index (κ1) is 25.8. The Morgan fingerprint density at radius 3 is 2.49 bits per heavy atom. The molecule has 0 aliphatic rings. The third-order valence-corrected chi connectivity index (χ3v) is 7.38. The molecule has 6 rings (SSSR count). The molecule has 202 valence electrons. The van der Waals surface area contributed by atoms with Crippen molar-refractivity contribution in [1.29, 1.82) is 0 Å². The number of H-pyrrole nitrogens is 1. The van der Waals surface area contributed by atoms with Gasteiger partial charge < -0.3 is 15.0 Å². The fraction of sp³-hybridized carbons (Fsp3) is 0.0882. The molecular formula is C34H28N4O3. The third-order valence-electron chi connectivity index (χ3n) is 7.38. The largest absolute Gasteiger partial charge is 0.480 e. The number of rotatable bonds is 8. The molecule has 1 unspecified atom stereocenters. The molecule has 0 aliphatic heterocycles. The number of nitrogens with zero attached hydrogens (tertiary/aromatic N) is 3. The van der Waals surface area contributed by atoms with Crippen LogP contribution < -0.4 is 0 Å². The lowest BCUT2D eigenvalue weighted by atomic mass is 10.0. The molecule has 0 radical (unpaired) electrons. The molecule has 0 saturated carbocycles. The minimum Gasteiger partial charge on any atom is -0.480 e. The van der Waals surface area contributed by atoms with Crippen molar-refractivity contribution in [3.05, 3.63) is 127 Å². The van der Waals surface area contributed by atoms with Gasteiger partial charge in [-0.15, -0.1) is 0 Å². The monoisotopic (exact) mass is 540 g/mol. The van der Waals surface area contributed by atoms with Gasteiger partial charge in [-0.25, -0.2) is 9.48 Å². The number of aromatic amines is 1. The van der Waals surface area contributed by atoms with Crippen LogP contribution in [0.25, 0.3) is 44.7 Å². The van der Waals surface area contributed by atoms with E-state index in [1.807, 2.05) is 85.2 Å². The summed E-state index contributed by atoms with van der Waals surface area (Å²) in [5, 5.41) is 18.0. The zero-order valence-corrected chi connectivity index (χ0v) is 22.4. The van der Waals surface area contributed by atoms with Crippen molar-refractivity contribution in [2.75, 3.05) is 7.05 Å². The zero-order chi connectivity index (χ0) is 28.3. The average Bonchev–Trinajstić information content (AvgIpc) is 3.63. The van der Waals surface area contributed by atoms with E-state index in [2.05, 4.69) is 29.2 Å². The molecule has 41 heavy (non-hydrogen) atoms. The van der Waals surface area contributed by atoms with E-state index in [0.29, 0.717) is 0 Å². The fourth-order valence-corrected chi connectivity index (χ4v) is 5.11. The molecule has 7 nitrogen and oxygen atoms in total. The average molecular weight is 541 g/mol. The Kier molecular flexibility index (Phi) is 6.92. The summed E-state index contributed by atoms with van der Waals surface area (Å²) >= 11 is 0. The topological polar surface area (TPSA) is 91.2 Å². The van der Waals surface area contributed by atoms with E-state index < -0.39 is 17.9 Å². The maximum Gasteiger partial charge on any atom is 0.326 e. The standard InChI is InChI=1S/C34H28N4O3/c1-37(31(34(40)41)20-27-21-35-30-14-8-7-13-29(27)30)32(39)18-17-26-22-38(28-11-3-2-4-12-28)36-33(26)25-16-15-23-9-5-6-10-24(23)19-25/h2-19,21-22,31,35H,20H2,1H3,(H,40,41)/b18-17+. The van der Waals surface area contributed by atoms with Crippen molar-refractivity contribution >= 4 is 39.6 Å². The fourth-order valence-electron chi connectivity index (χ4n) is 5.11. The van der Waals surface area contributed by atoms with E-state index in [9.17, 15) is 14.7 Å². The number of aliphatic carboxylic acids is 1. The number of amides is 1. The first-order valence-electron chi connectivity index (χ1n) is 13.3. The smallest absolute Gasteiger partial charge is 0.326 e. The van der Waals surface area contributed by atoms with Crippen LogP contribution in [0.3, 0.4) is 0 Å². The van der Waals surface area contributed by atoms with Crippen molar-refractivity contribution < 1.29 is 14.7 Å². The van der Waals surface area contributed by atoms with Gasteiger partial charge in [-0.2, -0.15) is 5.10 Å². The van der Waals surface area contributed by atoms with Gasteiger partial charge in [0.2, 0.25) is 5.91 Å². The summed E-state index contributed by atoms with van der Waals surface area (Å²) in [5.41, 5.74) is 5.05. The summed E-state index contributed by atoms with van der Waals surface area (Å²) in [6.07, 6.45) is 7.00. The number of carbonyl (C=O) groups excluding carboxylic acids is 1. The Balaban J connectivity index is 1.31. The Labute approximate surface area is 237 Å². The summed E-state index contributed by atoms with van der Waals surface area (Å²) in [4.78, 5) is 30.0. The van der Waals surface area contributed by atoms with E-state index in [1.165, 1.54) is 18.0 Å². The number of carboxylic acids is 1. The minimum atomic E-state index is -1.06. The van der Waals surface area contributed by atoms with Gasteiger partial charge in [0.1, 0.15) is 6.04 Å². The van der Waals surface area contributed by atoms with Gasteiger partial charge in [-0.1, -0.05) is 72.8 Å². The molecule has 1 amide bonds. The molecule has 6 aromatic rings. The number of aromatic nitrogens is 3. The Morgan fingerprint density at radius 1 is 0.951 bits per heavy atom. The Bertz CT molecular complexity index is 1900. The molecule has 0 bridgehead atoms. The van der Waals surface area contributed by atoms with Crippen molar-refractivity contribution in [3.63, 3.8) is 0 Å². The molecule has 2 aromatic heterocycles. The van der Waals surface area contributed by atoms with Gasteiger partial charge in [-0.05, 0) is 46.7 Å². The molecule has 2 N–H and O–H groups in total. The molecule has 0 spiro atoms. The lowest BCUT2D eigenvalue weighted by Crippen LogP contribution is -2.43. The molecule has 0 saturated heterocycles. The van der Waals surface area contributed by atoms with Crippen molar-refractivity contribution in [2.45, 2.75) is 12.5 Å². The van der Waals surface area contributed by atoms with Gasteiger partial charge in [0.15, 0.2) is 0 Å². The van der Waals surface area contributed by atoms with Crippen LogP contribution in [0.15, 0.2) is 116 Å². The van der Waals surface area contributed by atoms with Crippen LogP contribution in [0, 0.1) is 0 Å². The number of para-hydroxylation sites is 2. The number of benzene rings is 4. The number of carbonyl (C=O) groups is 2. The molecular weight excluding hydrogens is 512 g/mol. The highest BCUT2D eigenvalue weighted by Crippen LogP contribution is 2.28. The van der Waals surface area contributed by atoms with Gasteiger partial charge >= 0.3 is 5.97 Å². The highest BCUT2D eigenvalue weighted by Gasteiger charge is 2.27. The number of fused-ring (bicyclic) bond motifs is 2.